The zero-order valence-electron chi connectivity index (χ0n) is 16.7. The Morgan fingerprint density at radius 2 is 1.93 bits per heavy atom. The third-order valence-corrected chi connectivity index (χ3v) is 5.76. The lowest BCUT2D eigenvalue weighted by Crippen LogP contribution is -2.33. The number of hydrogen-bond acceptors (Lipinski definition) is 3. The largest absolute Gasteiger partial charge is 0.355 e. The van der Waals surface area contributed by atoms with Crippen LogP contribution in [0.1, 0.15) is 42.9 Å². The number of carbonyl (C=O) groups is 1. The summed E-state index contributed by atoms with van der Waals surface area (Å²) in [4.78, 5) is 19.0. The van der Waals surface area contributed by atoms with Gasteiger partial charge in [-0.3, -0.25) is 9.78 Å². The van der Waals surface area contributed by atoms with Gasteiger partial charge in [-0.25, -0.2) is 4.39 Å². The van der Waals surface area contributed by atoms with E-state index in [1.165, 1.54) is 18.9 Å². The van der Waals surface area contributed by atoms with Gasteiger partial charge in [0.1, 0.15) is 5.82 Å². The van der Waals surface area contributed by atoms with Crippen LogP contribution in [0.2, 0.25) is 0 Å². The molecule has 1 aliphatic carbocycles. The van der Waals surface area contributed by atoms with Crippen LogP contribution in [0.15, 0.2) is 48.3 Å². The summed E-state index contributed by atoms with van der Waals surface area (Å²) in [5.74, 6) is -0.299. The number of hydrogen-bond donors (Lipinski definition) is 1. The van der Waals surface area contributed by atoms with Crippen LogP contribution in [-0.4, -0.2) is 42.0 Å². The molecule has 4 nitrogen and oxygen atoms in total. The van der Waals surface area contributed by atoms with Crippen LogP contribution in [-0.2, 0) is 4.79 Å². The van der Waals surface area contributed by atoms with E-state index in [1.54, 1.807) is 24.5 Å². The number of likely N-dealkylation sites (tertiary alicyclic amines) is 1. The van der Waals surface area contributed by atoms with Gasteiger partial charge in [0.05, 0.1) is 6.42 Å². The molecule has 2 heterocycles. The molecule has 1 N–H and O–H groups in total. The van der Waals surface area contributed by atoms with Crippen LogP contribution in [0, 0.1) is 5.82 Å². The molecule has 0 unspecified atom stereocenters. The zero-order valence-corrected chi connectivity index (χ0v) is 16.7. The first-order chi connectivity index (χ1) is 14.1. The Kier molecular flexibility index (Phi) is 5.86. The van der Waals surface area contributed by atoms with Crippen LogP contribution < -0.4 is 5.32 Å². The number of amides is 1. The van der Waals surface area contributed by atoms with E-state index in [0.717, 1.165) is 53.0 Å². The van der Waals surface area contributed by atoms with Gasteiger partial charge in [-0.15, -0.1) is 0 Å². The highest BCUT2D eigenvalue weighted by Gasteiger charge is 2.25. The fourth-order valence-electron chi connectivity index (χ4n) is 4.19. The molecule has 0 bridgehead atoms. The van der Waals surface area contributed by atoms with Crippen molar-refractivity contribution in [3.05, 3.63) is 70.8 Å². The van der Waals surface area contributed by atoms with E-state index in [1.807, 2.05) is 19.1 Å². The van der Waals surface area contributed by atoms with Gasteiger partial charge in [0.15, 0.2) is 0 Å². The number of halogens is 1. The minimum atomic E-state index is -0.284. The average Bonchev–Trinajstić information content (AvgIpc) is 3.32. The number of pyridine rings is 1. The monoisotopic (exact) mass is 391 g/mol. The summed E-state index contributed by atoms with van der Waals surface area (Å²) < 4.78 is 14.0. The van der Waals surface area contributed by atoms with Crippen molar-refractivity contribution in [2.45, 2.75) is 26.2 Å². The summed E-state index contributed by atoms with van der Waals surface area (Å²) in [6, 6.07) is 8.70. The Morgan fingerprint density at radius 3 is 2.69 bits per heavy atom. The van der Waals surface area contributed by atoms with Crippen molar-refractivity contribution in [2.75, 3.05) is 26.2 Å². The fourth-order valence-corrected chi connectivity index (χ4v) is 4.19. The number of aromatic nitrogens is 1. The zero-order chi connectivity index (χ0) is 20.2. The van der Waals surface area contributed by atoms with Crippen LogP contribution in [0.3, 0.4) is 0 Å². The van der Waals surface area contributed by atoms with Gasteiger partial charge in [0.25, 0.3) is 0 Å². The molecule has 1 saturated heterocycles. The molecule has 2 aliphatic rings. The Morgan fingerprint density at radius 1 is 1.17 bits per heavy atom. The molecule has 150 valence electrons. The first-order valence-corrected chi connectivity index (χ1v) is 10.2. The third kappa shape index (κ3) is 4.46. The topological polar surface area (TPSA) is 45.2 Å². The van der Waals surface area contributed by atoms with E-state index in [2.05, 4.69) is 21.3 Å². The fraction of sp³-hybridized carbons (Fsp3) is 0.333. The third-order valence-electron chi connectivity index (χ3n) is 5.76. The van der Waals surface area contributed by atoms with E-state index in [4.69, 9.17) is 0 Å². The van der Waals surface area contributed by atoms with Crippen molar-refractivity contribution in [1.29, 1.82) is 0 Å². The van der Waals surface area contributed by atoms with Crippen LogP contribution in [0.25, 0.3) is 17.2 Å². The van der Waals surface area contributed by atoms with Crippen molar-refractivity contribution in [1.82, 2.24) is 15.2 Å². The highest BCUT2D eigenvalue weighted by atomic mass is 19.1. The SMILES string of the molecule is CC1=C(CC(=O)NCCN2CCCC2)c2cc(F)ccc2/C1=C\c1ccncc1. The van der Waals surface area contributed by atoms with E-state index in [0.29, 0.717) is 6.54 Å². The molecule has 5 heteroatoms. The molecule has 1 fully saturated rings. The maximum Gasteiger partial charge on any atom is 0.224 e. The van der Waals surface area contributed by atoms with Gasteiger partial charge in [0, 0.05) is 25.5 Å². The molecule has 0 saturated carbocycles. The maximum atomic E-state index is 14.0. The molecule has 1 aromatic carbocycles. The second-order valence-electron chi connectivity index (χ2n) is 7.71. The highest BCUT2D eigenvalue weighted by Crippen LogP contribution is 2.43. The quantitative estimate of drug-likeness (QED) is 0.805. The summed E-state index contributed by atoms with van der Waals surface area (Å²) in [5, 5.41) is 3.03. The van der Waals surface area contributed by atoms with Gasteiger partial charge < -0.3 is 10.2 Å². The molecule has 2 aromatic rings. The Balaban J connectivity index is 1.53. The van der Waals surface area contributed by atoms with Gasteiger partial charge in [-0.05, 0) is 96.6 Å². The summed E-state index contributed by atoms with van der Waals surface area (Å²) >= 11 is 0. The lowest BCUT2D eigenvalue weighted by Gasteiger charge is -2.15. The first kappa shape index (κ1) is 19.5. The van der Waals surface area contributed by atoms with Gasteiger partial charge >= 0.3 is 0 Å². The van der Waals surface area contributed by atoms with Crippen LogP contribution in [0.4, 0.5) is 4.39 Å². The molecule has 1 aliphatic heterocycles. The molecule has 1 aromatic heterocycles. The van der Waals surface area contributed by atoms with Crippen molar-refractivity contribution in [2.24, 2.45) is 0 Å². The molecule has 29 heavy (non-hydrogen) atoms. The maximum absolute atomic E-state index is 14.0. The normalized spacial score (nSPS) is 17.8. The molecule has 0 atom stereocenters. The molecule has 1 amide bonds. The van der Waals surface area contributed by atoms with E-state index in [9.17, 15) is 9.18 Å². The second kappa shape index (κ2) is 8.70. The Hall–Kier alpha value is -2.79. The standard InChI is InChI=1S/C24H26FN3O/c1-17-21(14-18-6-8-26-9-7-18)20-5-4-19(25)15-23(20)22(17)16-24(29)27-10-13-28-11-2-3-12-28/h4-9,14-15H,2-3,10-13,16H2,1H3,(H,27,29)/b21-14-. The number of benzene rings is 1. The molecular weight excluding hydrogens is 365 g/mol. The molecular formula is C24H26FN3O. The first-order valence-electron chi connectivity index (χ1n) is 10.2. The van der Waals surface area contributed by atoms with Crippen LogP contribution >= 0.6 is 0 Å². The molecule has 0 radical (unpaired) electrons. The van der Waals surface area contributed by atoms with E-state index < -0.39 is 0 Å². The lowest BCUT2D eigenvalue weighted by atomic mass is 10.0. The summed E-state index contributed by atoms with van der Waals surface area (Å²) in [7, 11) is 0. The minimum Gasteiger partial charge on any atom is -0.355 e. The second-order valence-corrected chi connectivity index (χ2v) is 7.71. The van der Waals surface area contributed by atoms with Gasteiger partial charge in [-0.2, -0.15) is 0 Å². The highest BCUT2D eigenvalue weighted by molar-refractivity contribution is 6.08. The average molecular weight is 391 g/mol. The number of nitrogens with one attached hydrogen (secondary N) is 1. The van der Waals surface area contributed by atoms with Gasteiger partial charge in [-0.1, -0.05) is 6.07 Å². The van der Waals surface area contributed by atoms with Crippen molar-refractivity contribution in [3.8, 4) is 0 Å². The number of fused-ring (bicyclic) bond motifs is 1. The number of rotatable bonds is 6. The number of allylic oxidation sites excluding steroid dienone is 2. The number of carbonyl (C=O) groups excluding carboxylic acids is 1. The lowest BCUT2D eigenvalue weighted by molar-refractivity contribution is -0.120. The van der Waals surface area contributed by atoms with E-state index in [-0.39, 0.29) is 18.1 Å². The molecule has 0 spiro atoms. The Bertz CT molecular complexity index is 959. The van der Waals surface area contributed by atoms with Gasteiger partial charge in [0.2, 0.25) is 5.91 Å². The predicted molar refractivity (Wildman–Crippen MR) is 114 cm³/mol. The summed E-state index contributed by atoms with van der Waals surface area (Å²) in [5.41, 5.74) is 5.78. The summed E-state index contributed by atoms with van der Waals surface area (Å²) in [6.45, 7) is 5.80. The van der Waals surface area contributed by atoms with Crippen molar-refractivity contribution in [3.63, 3.8) is 0 Å². The predicted octanol–water partition coefficient (Wildman–Crippen LogP) is 4.15. The van der Waals surface area contributed by atoms with E-state index >= 15 is 0 Å². The smallest absolute Gasteiger partial charge is 0.224 e. The molecule has 4 rings (SSSR count). The van der Waals surface area contributed by atoms with Crippen molar-refractivity contribution < 1.29 is 9.18 Å². The number of nitrogens with zero attached hydrogens (tertiary/aromatic N) is 2. The minimum absolute atomic E-state index is 0.0149. The van der Waals surface area contributed by atoms with Crippen LogP contribution in [0.5, 0.6) is 0 Å². The Labute approximate surface area is 171 Å². The summed E-state index contributed by atoms with van der Waals surface area (Å²) in [6.07, 6.45) is 8.33. The van der Waals surface area contributed by atoms with Crippen molar-refractivity contribution >= 4 is 23.1 Å².